The Morgan fingerprint density at radius 3 is 2.78 bits per heavy atom. The molecule has 0 aromatic carbocycles. The van der Waals surface area contributed by atoms with Gasteiger partial charge in [-0.25, -0.2) is 0 Å². The molecular weight excluding hydrogens is 232 g/mol. The number of nitrogens with zero attached hydrogens (tertiary/aromatic N) is 2. The Balaban J connectivity index is 1.92. The van der Waals surface area contributed by atoms with E-state index in [2.05, 4.69) is 9.88 Å². The fourth-order valence-corrected chi connectivity index (χ4v) is 2.33. The molecular formula is C13H20N2O3. The molecule has 1 aliphatic rings. The fraction of sp³-hybridized carbons (Fsp3) is 0.615. The Labute approximate surface area is 107 Å². The quantitative estimate of drug-likeness (QED) is 0.801. The third kappa shape index (κ3) is 3.19. The Kier molecular flexibility index (Phi) is 4.92. The molecule has 0 aliphatic carbocycles. The van der Waals surface area contributed by atoms with E-state index in [1.54, 1.807) is 12.4 Å². The van der Waals surface area contributed by atoms with Crippen LogP contribution in [0.3, 0.4) is 0 Å². The van der Waals surface area contributed by atoms with E-state index < -0.39 is 0 Å². The lowest BCUT2D eigenvalue weighted by Gasteiger charge is -2.34. The lowest BCUT2D eigenvalue weighted by Crippen LogP contribution is -2.37. The summed E-state index contributed by atoms with van der Waals surface area (Å²) in [6, 6.07) is 1.94. The predicted molar refractivity (Wildman–Crippen MR) is 68.4 cm³/mol. The molecule has 0 unspecified atom stereocenters. The van der Waals surface area contributed by atoms with Gasteiger partial charge in [0.15, 0.2) is 0 Å². The minimum atomic E-state index is 0.0180. The molecule has 0 bridgehead atoms. The van der Waals surface area contributed by atoms with Crippen molar-refractivity contribution in [3.8, 4) is 0 Å². The lowest BCUT2D eigenvalue weighted by atomic mass is 10.1. The zero-order valence-electron chi connectivity index (χ0n) is 10.5. The molecule has 100 valence electrons. The van der Waals surface area contributed by atoms with Gasteiger partial charge < -0.3 is 19.8 Å². The first-order valence-electron chi connectivity index (χ1n) is 6.36. The zero-order valence-corrected chi connectivity index (χ0v) is 10.5. The van der Waals surface area contributed by atoms with Crippen molar-refractivity contribution in [1.29, 1.82) is 0 Å². The molecule has 2 N–H and O–H groups in total. The SMILES string of the molecule is OCCOC1CCN(c2ccncc2CO)CC1. The molecule has 1 aliphatic heterocycles. The molecule has 0 atom stereocenters. The predicted octanol–water partition coefficient (Wildman–Crippen LogP) is 0.552. The number of hydrogen-bond donors (Lipinski definition) is 2. The van der Waals surface area contributed by atoms with E-state index in [0.717, 1.165) is 37.2 Å². The Hall–Kier alpha value is -1.17. The van der Waals surface area contributed by atoms with Crippen molar-refractivity contribution >= 4 is 5.69 Å². The summed E-state index contributed by atoms with van der Waals surface area (Å²) in [5.41, 5.74) is 1.93. The van der Waals surface area contributed by atoms with Crippen LogP contribution in [0, 0.1) is 0 Å². The maximum Gasteiger partial charge on any atom is 0.0717 e. The molecule has 0 saturated carbocycles. The highest BCUT2D eigenvalue weighted by molar-refractivity contribution is 5.52. The second-order valence-electron chi connectivity index (χ2n) is 4.44. The number of pyridine rings is 1. The third-order valence-corrected chi connectivity index (χ3v) is 3.28. The molecule has 1 fully saturated rings. The topological polar surface area (TPSA) is 65.8 Å². The smallest absolute Gasteiger partial charge is 0.0717 e. The normalized spacial score (nSPS) is 17.1. The average Bonchev–Trinajstić information content (AvgIpc) is 2.45. The van der Waals surface area contributed by atoms with Gasteiger partial charge in [-0.05, 0) is 18.9 Å². The Morgan fingerprint density at radius 1 is 1.33 bits per heavy atom. The van der Waals surface area contributed by atoms with E-state index in [4.69, 9.17) is 9.84 Å². The van der Waals surface area contributed by atoms with Crippen molar-refractivity contribution in [2.24, 2.45) is 0 Å². The number of ether oxygens (including phenoxy) is 1. The number of aliphatic hydroxyl groups is 2. The fourth-order valence-electron chi connectivity index (χ4n) is 2.33. The largest absolute Gasteiger partial charge is 0.394 e. The summed E-state index contributed by atoms with van der Waals surface area (Å²) < 4.78 is 5.53. The number of aromatic nitrogens is 1. The van der Waals surface area contributed by atoms with E-state index in [9.17, 15) is 5.11 Å². The van der Waals surface area contributed by atoms with E-state index >= 15 is 0 Å². The molecule has 18 heavy (non-hydrogen) atoms. The van der Waals surface area contributed by atoms with Crippen molar-refractivity contribution in [3.05, 3.63) is 24.0 Å². The van der Waals surface area contributed by atoms with Gasteiger partial charge >= 0.3 is 0 Å². The monoisotopic (exact) mass is 252 g/mol. The molecule has 2 rings (SSSR count). The number of hydrogen-bond acceptors (Lipinski definition) is 5. The van der Waals surface area contributed by atoms with Gasteiger partial charge in [0.05, 0.1) is 25.9 Å². The Morgan fingerprint density at radius 2 is 2.11 bits per heavy atom. The molecule has 0 amide bonds. The minimum Gasteiger partial charge on any atom is -0.394 e. The highest BCUT2D eigenvalue weighted by Crippen LogP contribution is 2.24. The minimum absolute atomic E-state index is 0.0180. The van der Waals surface area contributed by atoms with Gasteiger partial charge in [0.2, 0.25) is 0 Å². The first-order valence-corrected chi connectivity index (χ1v) is 6.36. The number of anilines is 1. The van der Waals surface area contributed by atoms with Crippen LogP contribution in [0.1, 0.15) is 18.4 Å². The van der Waals surface area contributed by atoms with Gasteiger partial charge in [-0.1, -0.05) is 0 Å². The van der Waals surface area contributed by atoms with Gasteiger partial charge in [0.25, 0.3) is 0 Å². The maximum atomic E-state index is 9.30. The van der Waals surface area contributed by atoms with E-state index in [0.29, 0.717) is 6.61 Å². The van der Waals surface area contributed by atoms with E-state index in [1.807, 2.05) is 6.07 Å². The van der Waals surface area contributed by atoms with Gasteiger partial charge in [0, 0.05) is 36.7 Å². The molecule has 5 heteroatoms. The zero-order chi connectivity index (χ0) is 12.8. The summed E-state index contributed by atoms with van der Waals surface area (Å²) >= 11 is 0. The van der Waals surface area contributed by atoms with Gasteiger partial charge in [0.1, 0.15) is 0 Å². The molecule has 0 spiro atoms. The van der Waals surface area contributed by atoms with E-state index in [1.165, 1.54) is 0 Å². The Bertz CT molecular complexity index is 365. The molecule has 5 nitrogen and oxygen atoms in total. The van der Waals surface area contributed by atoms with Crippen LogP contribution in [0.2, 0.25) is 0 Å². The van der Waals surface area contributed by atoms with Crippen molar-refractivity contribution in [3.63, 3.8) is 0 Å². The van der Waals surface area contributed by atoms with Crippen LogP contribution in [-0.2, 0) is 11.3 Å². The first kappa shape index (κ1) is 13.3. The molecule has 0 radical (unpaired) electrons. The standard InChI is InChI=1S/C13H20N2O3/c16-7-8-18-12-2-5-15(6-3-12)13-1-4-14-9-11(13)10-17/h1,4,9,12,16-17H,2-3,5-8,10H2. The highest BCUT2D eigenvalue weighted by atomic mass is 16.5. The summed E-state index contributed by atoms with van der Waals surface area (Å²) in [7, 11) is 0. The number of piperidine rings is 1. The first-order chi connectivity index (χ1) is 8.85. The molecule has 1 aromatic heterocycles. The van der Waals surface area contributed by atoms with Crippen LogP contribution in [0.15, 0.2) is 18.5 Å². The van der Waals surface area contributed by atoms with Gasteiger partial charge in [-0.15, -0.1) is 0 Å². The molecule has 1 saturated heterocycles. The van der Waals surface area contributed by atoms with Crippen LogP contribution >= 0.6 is 0 Å². The summed E-state index contributed by atoms with van der Waals surface area (Å²) in [5.74, 6) is 0. The van der Waals surface area contributed by atoms with E-state index in [-0.39, 0.29) is 19.3 Å². The summed E-state index contributed by atoms with van der Waals surface area (Å²) in [4.78, 5) is 6.28. The maximum absolute atomic E-state index is 9.30. The highest BCUT2D eigenvalue weighted by Gasteiger charge is 2.21. The average molecular weight is 252 g/mol. The molecule has 2 heterocycles. The van der Waals surface area contributed by atoms with Crippen LogP contribution in [0.25, 0.3) is 0 Å². The van der Waals surface area contributed by atoms with Crippen molar-refractivity contribution in [2.45, 2.75) is 25.6 Å². The van der Waals surface area contributed by atoms with Crippen LogP contribution in [0.4, 0.5) is 5.69 Å². The van der Waals surface area contributed by atoms with Crippen molar-refractivity contribution in [2.75, 3.05) is 31.2 Å². The van der Waals surface area contributed by atoms with Crippen LogP contribution in [0.5, 0.6) is 0 Å². The molecule has 1 aromatic rings. The lowest BCUT2D eigenvalue weighted by molar-refractivity contribution is 0.0159. The van der Waals surface area contributed by atoms with Crippen molar-refractivity contribution in [1.82, 2.24) is 4.98 Å². The number of aliphatic hydroxyl groups excluding tert-OH is 2. The summed E-state index contributed by atoms with van der Waals surface area (Å²) in [6.45, 7) is 2.34. The van der Waals surface area contributed by atoms with Crippen LogP contribution < -0.4 is 4.90 Å². The summed E-state index contributed by atoms with van der Waals surface area (Å²) in [5, 5.41) is 18.0. The second kappa shape index (κ2) is 6.68. The van der Waals surface area contributed by atoms with Gasteiger partial charge in [-0.2, -0.15) is 0 Å². The second-order valence-corrected chi connectivity index (χ2v) is 4.44. The van der Waals surface area contributed by atoms with Crippen molar-refractivity contribution < 1.29 is 14.9 Å². The van der Waals surface area contributed by atoms with Crippen LogP contribution in [-0.4, -0.2) is 47.6 Å². The van der Waals surface area contributed by atoms with Gasteiger partial charge in [-0.3, -0.25) is 4.98 Å². The summed E-state index contributed by atoms with van der Waals surface area (Å²) in [6.07, 6.45) is 5.61. The third-order valence-electron chi connectivity index (χ3n) is 3.28. The number of rotatable bonds is 5.